The van der Waals surface area contributed by atoms with Crippen LogP contribution in [0, 0.1) is 5.92 Å². The van der Waals surface area contributed by atoms with Crippen molar-refractivity contribution in [3.8, 4) is 11.3 Å². The van der Waals surface area contributed by atoms with Crippen LogP contribution in [0.4, 0.5) is 10.2 Å². The Balaban J connectivity index is 1.37. The molecule has 0 amide bonds. The number of hydrogen-bond donors (Lipinski definition) is 1. The molecule has 148 valence electrons. The monoisotopic (exact) mass is 391 g/mol. The van der Waals surface area contributed by atoms with Gasteiger partial charge < -0.3 is 5.32 Å². The highest BCUT2D eigenvalue weighted by Gasteiger charge is 2.36. The van der Waals surface area contributed by atoms with Gasteiger partial charge in [0.05, 0.1) is 36.6 Å². The third-order valence-corrected chi connectivity index (χ3v) is 5.76. The number of carbonyl (C=O) groups excluding carboxylic acids is 1. The Morgan fingerprint density at radius 2 is 2.03 bits per heavy atom. The van der Waals surface area contributed by atoms with Crippen molar-refractivity contribution in [1.29, 1.82) is 0 Å². The fourth-order valence-electron chi connectivity index (χ4n) is 3.59. The van der Waals surface area contributed by atoms with E-state index in [1.54, 1.807) is 18.6 Å². The topological polar surface area (TPSA) is 80.7 Å². The summed E-state index contributed by atoms with van der Waals surface area (Å²) < 4.78 is 14.2. The number of carbonyl (C=O) groups is 1. The summed E-state index contributed by atoms with van der Waals surface area (Å²) in [6.07, 6.45) is 9.45. The molecule has 0 saturated heterocycles. The molecule has 2 aliphatic rings. The first-order valence-electron chi connectivity index (χ1n) is 10.1. The summed E-state index contributed by atoms with van der Waals surface area (Å²) in [5.41, 5.74) is 1.21. The van der Waals surface area contributed by atoms with Crippen LogP contribution in [0.1, 0.15) is 37.9 Å². The van der Waals surface area contributed by atoms with E-state index < -0.39 is 5.67 Å². The van der Waals surface area contributed by atoms with Gasteiger partial charge in [0.15, 0.2) is 0 Å². The minimum absolute atomic E-state index is 0.203. The summed E-state index contributed by atoms with van der Waals surface area (Å²) >= 11 is 0. The fourth-order valence-corrected chi connectivity index (χ4v) is 3.59. The summed E-state index contributed by atoms with van der Waals surface area (Å²) in [6.45, 7) is 0.258. The van der Waals surface area contributed by atoms with Crippen LogP contribution in [-0.4, -0.2) is 37.9 Å². The van der Waals surface area contributed by atoms with Crippen molar-refractivity contribution in [3.63, 3.8) is 0 Å². The summed E-state index contributed by atoms with van der Waals surface area (Å²) in [7, 11) is 0. The van der Waals surface area contributed by atoms with Crippen molar-refractivity contribution in [1.82, 2.24) is 19.9 Å². The van der Waals surface area contributed by atoms with E-state index in [1.807, 2.05) is 18.2 Å². The van der Waals surface area contributed by atoms with Gasteiger partial charge in [0.1, 0.15) is 23.1 Å². The van der Waals surface area contributed by atoms with Crippen LogP contribution in [0.25, 0.3) is 22.2 Å². The number of anilines is 1. The Labute approximate surface area is 168 Å². The zero-order valence-corrected chi connectivity index (χ0v) is 16.1. The van der Waals surface area contributed by atoms with Gasteiger partial charge in [0.2, 0.25) is 0 Å². The second-order valence-electron chi connectivity index (χ2n) is 8.12. The van der Waals surface area contributed by atoms with Crippen molar-refractivity contribution in [2.24, 2.45) is 5.92 Å². The molecule has 0 unspecified atom stereocenters. The second kappa shape index (κ2) is 7.13. The number of halogens is 1. The molecule has 0 aliphatic heterocycles. The van der Waals surface area contributed by atoms with Gasteiger partial charge in [-0.2, -0.15) is 0 Å². The molecule has 3 aromatic rings. The van der Waals surface area contributed by atoms with Crippen molar-refractivity contribution in [2.75, 3.05) is 11.9 Å². The third kappa shape index (κ3) is 3.95. The first-order chi connectivity index (χ1) is 14.1. The van der Waals surface area contributed by atoms with E-state index in [0.29, 0.717) is 30.2 Å². The Bertz CT molecular complexity index is 1080. The lowest BCUT2D eigenvalue weighted by Crippen LogP contribution is -2.39. The summed E-state index contributed by atoms with van der Waals surface area (Å²) in [5, 5.41) is 3.98. The van der Waals surface area contributed by atoms with Crippen molar-refractivity contribution in [3.05, 3.63) is 42.6 Å². The molecule has 5 rings (SSSR count). The predicted octanol–water partition coefficient (Wildman–Crippen LogP) is 3.91. The number of Topliss-reactive ketones (excluding diaryl/α,β-unsaturated/α-hetero) is 1. The molecular formula is C22H22FN5O. The number of benzene rings is 1. The van der Waals surface area contributed by atoms with Gasteiger partial charge in [0.25, 0.3) is 0 Å². The molecule has 1 aromatic carbocycles. The predicted molar refractivity (Wildman–Crippen MR) is 108 cm³/mol. The van der Waals surface area contributed by atoms with Crippen LogP contribution in [0.3, 0.4) is 0 Å². The maximum absolute atomic E-state index is 14.2. The first kappa shape index (κ1) is 18.1. The molecule has 0 radical (unpaired) electrons. The summed E-state index contributed by atoms with van der Waals surface area (Å²) in [6, 6.07) is 5.80. The maximum Gasteiger partial charge on any atom is 0.145 e. The molecule has 6 nitrogen and oxygen atoms in total. The summed E-state index contributed by atoms with van der Waals surface area (Å²) in [4.78, 5) is 29.8. The van der Waals surface area contributed by atoms with Crippen LogP contribution in [0.2, 0.25) is 0 Å². The average molecular weight is 391 g/mol. The zero-order chi connectivity index (χ0) is 19.8. The van der Waals surface area contributed by atoms with E-state index in [0.717, 1.165) is 35.7 Å². The van der Waals surface area contributed by atoms with Crippen LogP contribution in [0.15, 0.2) is 36.8 Å². The zero-order valence-electron chi connectivity index (χ0n) is 16.1. The highest BCUT2D eigenvalue weighted by Crippen LogP contribution is 2.35. The lowest BCUT2D eigenvalue weighted by Gasteiger charge is -2.33. The first-order valence-corrected chi connectivity index (χ1v) is 10.1. The minimum atomic E-state index is -1.12. The smallest absolute Gasteiger partial charge is 0.145 e. The molecule has 2 saturated carbocycles. The molecule has 0 atom stereocenters. The molecule has 2 aliphatic carbocycles. The number of hydrogen-bond acceptors (Lipinski definition) is 6. The second-order valence-corrected chi connectivity index (χ2v) is 8.12. The molecule has 1 N–H and O–H groups in total. The SMILES string of the molecule is O=C(Cc1ncc2ccc(-c3cncc(NCC4(F)CCC4)n3)cc2n1)C1CC1. The van der Waals surface area contributed by atoms with Gasteiger partial charge in [-0.05, 0) is 38.2 Å². The molecular weight excluding hydrogens is 369 g/mol. The number of rotatable bonds is 7. The number of aromatic nitrogens is 4. The Kier molecular flexibility index (Phi) is 4.45. The van der Waals surface area contributed by atoms with E-state index in [1.165, 1.54) is 0 Å². The van der Waals surface area contributed by atoms with E-state index in [4.69, 9.17) is 0 Å². The Morgan fingerprint density at radius 1 is 1.17 bits per heavy atom. The highest BCUT2D eigenvalue weighted by atomic mass is 19.1. The van der Waals surface area contributed by atoms with Crippen LogP contribution < -0.4 is 5.32 Å². The van der Waals surface area contributed by atoms with E-state index >= 15 is 0 Å². The molecule has 2 heterocycles. The Morgan fingerprint density at radius 3 is 2.79 bits per heavy atom. The van der Waals surface area contributed by atoms with Crippen molar-refractivity contribution in [2.45, 2.75) is 44.2 Å². The fraction of sp³-hybridized carbons (Fsp3) is 0.409. The molecule has 0 spiro atoms. The van der Waals surface area contributed by atoms with Gasteiger partial charge in [-0.25, -0.2) is 19.3 Å². The number of ketones is 1. The van der Waals surface area contributed by atoms with Gasteiger partial charge in [-0.15, -0.1) is 0 Å². The van der Waals surface area contributed by atoms with Crippen LogP contribution >= 0.6 is 0 Å². The third-order valence-electron chi connectivity index (χ3n) is 5.76. The Hall–Kier alpha value is -2.96. The van der Waals surface area contributed by atoms with Gasteiger partial charge in [0, 0.05) is 23.1 Å². The molecule has 29 heavy (non-hydrogen) atoms. The van der Waals surface area contributed by atoms with Crippen molar-refractivity contribution >= 4 is 22.5 Å². The highest BCUT2D eigenvalue weighted by molar-refractivity contribution is 5.86. The van der Waals surface area contributed by atoms with Gasteiger partial charge in [-0.3, -0.25) is 9.78 Å². The number of nitrogens with zero attached hydrogens (tertiary/aromatic N) is 4. The van der Waals surface area contributed by atoms with Gasteiger partial charge >= 0.3 is 0 Å². The quantitative estimate of drug-likeness (QED) is 0.658. The van der Waals surface area contributed by atoms with Crippen LogP contribution in [0.5, 0.6) is 0 Å². The molecule has 0 bridgehead atoms. The van der Waals surface area contributed by atoms with Gasteiger partial charge in [-0.1, -0.05) is 12.1 Å². The standard InChI is InChI=1S/C22H22FN5O/c23-22(6-1-7-22)13-26-21-12-24-11-18(28-21)15-4-5-16-10-25-20(27-17(16)8-15)9-19(29)14-2-3-14/h4-5,8,10-12,14H,1-3,6-7,9,13H2,(H,26,28). The average Bonchev–Trinajstić information content (AvgIpc) is 3.56. The lowest BCUT2D eigenvalue weighted by molar-refractivity contribution is -0.119. The summed E-state index contributed by atoms with van der Waals surface area (Å²) in [5.74, 6) is 1.54. The lowest BCUT2D eigenvalue weighted by atomic mass is 9.82. The number of nitrogens with one attached hydrogen (secondary N) is 1. The molecule has 7 heteroatoms. The largest absolute Gasteiger partial charge is 0.366 e. The minimum Gasteiger partial charge on any atom is -0.366 e. The number of alkyl halides is 1. The number of fused-ring (bicyclic) bond motifs is 1. The van der Waals surface area contributed by atoms with Crippen molar-refractivity contribution < 1.29 is 9.18 Å². The normalized spacial score (nSPS) is 17.7. The van der Waals surface area contributed by atoms with E-state index in [-0.39, 0.29) is 24.7 Å². The molecule has 2 aromatic heterocycles. The van der Waals surface area contributed by atoms with E-state index in [9.17, 15) is 9.18 Å². The van der Waals surface area contributed by atoms with Crippen LogP contribution in [-0.2, 0) is 11.2 Å². The molecule has 2 fully saturated rings. The van der Waals surface area contributed by atoms with E-state index in [2.05, 4.69) is 25.3 Å². The maximum atomic E-state index is 14.2.